The number of hydrogen-bond acceptors (Lipinski definition) is 7. The van der Waals surface area contributed by atoms with Crippen molar-refractivity contribution >= 4 is 17.4 Å². The summed E-state index contributed by atoms with van der Waals surface area (Å²) in [4.78, 5) is 27.1. The van der Waals surface area contributed by atoms with Crippen LogP contribution in [-0.4, -0.2) is 61.3 Å². The lowest BCUT2D eigenvalue weighted by Crippen LogP contribution is -2.31. The fraction of sp³-hybridized carbons (Fsp3) is 0.304. The van der Waals surface area contributed by atoms with Gasteiger partial charge in [0, 0.05) is 18.7 Å². The van der Waals surface area contributed by atoms with E-state index in [-0.39, 0.29) is 24.5 Å². The summed E-state index contributed by atoms with van der Waals surface area (Å²) in [5.74, 6) is -0.288. The number of nitrogens with zero attached hydrogens (tertiary/aromatic N) is 1. The molecular weight excluding hydrogens is 402 g/mol. The Balaban J connectivity index is 2.17. The minimum absolute atomic E-state index is 0.0275. The molecule has 0 saturated carbocycles. The van der Waals surface area contributed by atoms with Crippen molar-refractivity contribution in [1.82, 2.24) is 4.90 Å². The van der Waals surface area contributed by atoms with Crippen LogP contribution < -0.4 is 14.2 Å². The van der Waals surface area contributed by atoms with Crippen LogP contribution in [0.15, 0.2) is 48.0 Å². The Morgan fingerprint density at radius 1 is 0.968 bits per heavy atom. The van der Waals surface area contributed by atoms with Crippen molar-refractivity contribution in [1.29, 1.82) is 0 Å². The van der Waals surface area contributed by atoms with E-state index in [4.69, 9.17) is 14.2 Å². The van der Waals surface area contributed by atoms with E-state index in [1.807, 2.05) is 0 Å². The molecule has 1 fully saturated rings. The minimum atomic E-state index is -0.839. The zero-order chi connectivity index (χ0) is 22.5. The smallest absolute Gasteiger partial charge is 0.295 e. The Morgan fingerprint density at radius 3 is 2.23 bits per heavy atom. The van der Waals surface area contributed by atoms with Crippen molar-refractivity contribution in [3.05, 3.63) is 59.2 Å². The number of ether oxygens (including phenoxy) is 3. The molecule has 1 amide bonds. The molecule has 1 saturated heterocycles. The Hall–Kier alpha value is -3.52. The van der Waals surface area contributed by atoms with Gasteiger partial charge in [-0.2, -0.15) is 0 Å². The minimum Gasteiger partial charge on any atom is -0.507 e. The maximum Gasteiger partial charge on any atom is 0.295 e. The normalized spacial score (nSPS) is 17.7. The first-order valence-corrected chi connectivity index (χ1v) is 9.72. The molecule has 31 heavy (non-hydrogen) atoms. The third-order valence-electron chi connectivity index (χ3n) is 5.18. The number of hydrogen-bond donors (Lipinski definition) is 2. The molecule has 0 aromatic heterocycles. The van der Waals surface area contributed by atoms with Crippen LogP contribution in [0.2, 0.25) is 0 Å². The molecule has 1 aliphatic rings. The highest BCUT2D eigenvalue weighted by molar-refractivity contribution is 6.46. The van der Waals surface area contributed by atoms with Crippen LogP contribution in [0.3, 0.4) is 0 Å². The molecule has 1 heterocycles. The number of rotatable bonds is 8. The van der Waals surface area contributed by atoms with E-state index in [0.717, 1.165) is 0 Å². The Kier molecular flexibility index (Phi) is 6.81. The fourth-order valence-corrected chi connectivity index (χ4v) is 3.63. The highest BCUT2D eigenvalue weighted by atomic mass is 16.5. The van der Waals surface area contributed by atoms with Gasteiger partial charge in [0.15, 0.2) is 11.5 Å². The SMILES string of the molecule is COc1ccc(C(O)=C2C(=O)C(=O)N(CCCO)[C@H]2c2ccc(OC)c(OC)c2)cc1. The van der Waals surface area contributed by atoms with Crippen molar-refractivity contribution in [2.75, 3.05) is 34.5 Å². The van der Waals surface area contributed by atoms with Crippen molar-refractivity contribution < 1.29 is 34.0 Å². The number of likely N-dealkylation sites (tertiary alicyclic amines) is 1. The lowest BCUT2D eigenvalue weighted by molar-refractivity contribution is -0.140. The maximum absolute atomic E-state index is 12.9. The van der Waals surface area contributed by atoms with Crippen LogP contribution in [0.5, 0.6) is 17.2 Å². The number of carbonyl (C=O) groups excluding carboxylic acids is 2. The van der Waals surface area contributed by atoms with Crippen LogP contribution >= 0.6 is 0 Å². The van der Waals surface area contributed by atoms with Crippen LogP contribution in [0.25, 0.3) is 5.76 Å². The van der Waals surface area contributed by atoms with E-state index in [1.165, 1.54) is 26.2 Å². The second-order valence-electron chi connectivity index (χ2n) is 6.91. The van der Waals surface area contributed by atoms with Crippen molar-refractivity contribution in [3.8, 4) is 17.2 Å². The molecule has 0 spiro atoms. The summed E-state index contributed by atoms with van der Waals surface area (Å²) in [5.41, 5.74) is 0.927. The molecule has 1 aliphatic heterocycles. The van der Waals surface area contributed by atoms with Crippen LogP contribution in [0, 0.1) is 0 Å². The highest BCUT2D eigenvalue weighted by Crippen LogP contribution is 2.42. The van der Waals surface area contributed by atoms with E-state index in [9.17, 15) is 19.8 Å². The number of carbonyl (C=O) groups is 2. The van der Waals surface area contributed by atoms with Gasteiger partial charge in [-0.3, -0.25) is 9.59 Å². The van der Waals surface area contributed by atoms with E-state index in [1.54, 1.807) is 42.5 Å². The number of methoxy groups -OCH3 is 3. The zero-order valence-corrected chi connectivity index (χ0v) is 17.6. The summed E-state index contributed by atoms with van der Waals surface area (Å²) in [6.07, 6.45) is 0.291. The maximum atomic E-state index is 12.9. The number of Topliss-reactive ketones (excluding diaryl/α,β-unsaturated/α-hetero) is 1. The molecule has 2 aromatic carbocycles. The summed E-state index contributed by atoms with van der Waals surface area (Å²) in [6, 6.07) is 10.8. The van der Waals surface area contributed by atoms with Crippen LogP contribution in [0.1, 0.15) is 23.6 Å². The van der Waals surface area contributed by atoms with Crippen LogP contribution in [-0.2, 0) is 9.59 Å². The van der Waals surface area contributed by atoms with Gasteiger partial charge in [0.25, 0.3) is 11.7 Å². The summed E-state index contributed by atoms with van der Waals surface area (Å²) < 4.78 is 15.8. The van der Waals surface area contributed by atoms with Gasteiger partial charge in [-0.15, -0.1) is 0 Å². The number of aliphatic hydroxyl groups excluding tert-OH is 2. The fourth-order valence-electron chi connectivity index (χ4n) is 3.63. The molecule has 2 aromatic rings. The van der Waals surface area contributed by atoms with Crippen molar-refractivity contribution in [3.63, 3.8) is 0 Å². The average Bonchev–Trinajstić information content (AvgIpc) is 3.06. The zero-order valence-electron chi connectivity index (χ0n) is 17.6. The van der Waals surface area contributed by atoms with Crippen LogP contribution in [0.4, 0.5) is 0 Å². The van der Waals surface area contributed by atoms with Gasteiger partial charge < -0.3 is 29.3 Å². The largest absolute Gasteiger partial charge is 0.507 e. The molecule has 164 valence electrons. The number of ketones is 1. The molecule has 0 radical (unpaired) electrons. The molecule has 0 unspecified atom stereocenters. The first-order valence-electron chi connectivity index (χ1n) is 9.72. The summed E-state index contributed by atoms with van der Waals surface area (Å²) in [7, 11) is 4.52. The second kappa shape index (κ2) is 9.53. The van der Waals surface area contributed by atoms with Crippen molar-refractivity contribution in [2.24, 2.45) is 0 Å². The third kappa shape index (κ3) is 4.20. The van der Waals surface area contributed by atoms with E-state index in [2.05, 4.69) is 0 Å². The molecule has 8 nitrogen and oxygen atoms in total. The van der Waals surface area contributed by atoms with Gasteiger partial charge in [-0.05, 0) is 48.4 Å². The molecule has 3 rings (SSSR count). The van der Waals surface area contributed by atoms with Crippen molar-refractivity contribution in [2.45, 2.75) is 12.5 Å². The predicted molar refractivity (Wildman–Crippen MR) is 113 cm³/mol. The van der Waals surface area contributed by atoms with Gasteiger partial charge in [0.2, 0.25) is 0 Å². The Labute approximate surface area is 180 Å². The standard InChI is InChI=1S/C23H25NO7/c1-29-16-8-5-14(6-9-16)21(26)19-20(24(11-4-12-25)23(28)22(19)27)15-7-10-17(30-2)18(13-15)31-3/h5-10,13,20,25-26H,4,11-12H2,1-3H3/t20-/m0/s1. The number of benzene rings is 2. The number of amides is 1. The number of aliphatic hydroxyl groups is 2. The summed E-state index contributed by atoms with van der Waals surface area (Å²) in [5, 5.41) is 20.3. The topological polar surface area (TPSA) is 106 Å². The molecular formula is C23H25NO7. The van der Waals surface area contributed by atoms with Gasteiger partial charge in [0.05, 0.1) is 32.9 Å². The van der Waals surface area contributed by atoms with E-state index < -0.39 is 17.7 Å². The monoisotopic (exact) mass is 427 g/mol. The van der Waals surface area contributed by atoms with E-state index in [0.29, 0.717) is 34.8 Å². The molecule has 2 N–H and O–H groups in total. The lowest BCUT2D eigenvalue weighted by atomic mass is 9.95. The van der Waals surface area contributed by atoms with Gasteiger partial charge >= 0.3 is 0 Å². The molecule has 1 atom stereocenters. The van der Waals surface area contributed by atoms with Gasteiger partial charge in [-0.25, -0.2) is 0 Å². The Bertz CT molecular complexity index is 997. The summed E-state index contributed by atoms with van der Waals surface area (Å²) >= 11 is 0. The molecule has 0 bridgehead atoms. The quantitative estimate of drug-likeness (QED) is 0.379. The average molecular weight is 427 g/mol. The van der Waals surface area contributed by atoms with Gasteiger partial charge in [0.1, 0.15) is 11.5 Å². The highest BCUT2D eigenvalue weighted by Gasteiger charge is 2.46. The lowest BCUT2D eigenvalue weighted by Gasteiger charge is -2.25. The third-order valence-corrected chi connectivity index (χ3v) is 5.18. The predicted octanol–water partition coefficient (Wildman–Crippen LogP) is 2.52. The molecule has 8 heteroatoms. The molecule has 0 aliphatic carbocycles. The Morgan fingerprint density at radius 2 is 1.65 bits per heavy atom. The second-order valence-corrected chi connectivity index (χ2v) is 6.91. The van der Waals surface area contributed by atoms with E-state index >= 15 is 0 Å². The first-order chi connectivity index (χ1) is 15.0. The first kappa shape index (κ1) is 22.2. The van der Waals surface area contributed by atoms with Gasteiger partial charge in [-0.1, -0.05) is 6.07 Å². The summed E-state index contributed by atoms with van der Waals surface area (Å²) in [6.45, 7) is 0.0135.